The quantitative estimate of drug-likeness (QED) is 0.851. The number of carbonyl (C=O) groups is 1. The van der Waals surface area contributed by atoms with Crippen molar-refractivity contribution in [3.8, 4) is 5.88 Å². The zero-order valence-corrected chi connectivity index (χ0v) is 10.6. The summed E-state index contributed by atoms with van der Waals surface area (Å²) in [6.45, 7) is 7.55. The number of nitrogens with zero attached hydrogens (tertiary/aromatic N) is 2. The van der Waals surface area contributed by atoms with Crippen molar-refractivity contribution in [2.45, 2.75) is 39.5 Å². The number of rotatable bonds is 5. The third-order valence-electron chi connectivity index (χ3n) is 2.27. The van der Waals surface area contributed by atoms with Crippen molar-refractivity contribution in [3.63, 3.8) is 0 Å². The number of carboxylic acid groups (broad SMARTS) is 1. The molecule has 0 fully saturated rings. The molecule has 0 radical (unpaired) electrons. The molecule has 0 aliphatic carbocycles. The average Bonchev–Trinajstić information content (AvgIpc) is 2.25. The predicted octanol–water partition coefficient (Wildman–Crippen LogP) is 2.19. The van der Waals surface area contributed by atoms with E-state index in [1.165, 1.54) is 0 Å². The molecule has 0 unspecified atom stereocenters. The van der Waals surface area contributed by atoms with Crippen LogP contribution in [0.1, 0.15) is 50.9 Å². The monoisotopic (exact) mass is 238 g/mol. The number of carboxylic acids is 1. The van der Waals surface area contributed by atoms with E-state index in [1.54, 1.807) is 6.20 Å². The minimum Gasteiger partial charge on any atom is -0.479 e. The normalized spacial score (nSPS) is 10.9. The van der Waals surface area contributed by atoms with Crippen LogP contribution in [0, 0.1) is 0 Å². The molecule has 1 heterocycles. The number of ether oxygens (including phenoxy) is 1. The summed E-state index contributed by atoms with van der Waals surface area (Å²) in [4.78, 5) is 19.0. The van der Waals surface area contributed by atoms with Gasteiger partial charge in [0, 0.05) is 17.7 Å². The van der Waals surface area contributed by atoms with Crippen LogP contribution in [0.25, 0.3) is 0 Å². The largest absolute Gasteiger partial charge is 0.479 e. The van der Waals surface area contributed by atoms with Gasteiger partial charge in [-0.2, -0.15) is 4.98 Å². The zero-order chi connectivity index (χ0) is 13.0. The molecule has 0 spiro atoms. The second-order valence-corrected chi connectivity index (χ2v) is 4.48. The van der Waals surface area contributed by atoms with E-state index in [1.807, 2.05) is 27.7 Å². The molecule has 17 heavy (non-hydrogen) atoms. The van der Waals surface area contributed by atoms with Gasteiger partial charge in [0.1, 0.15) is 5.82 Å². The van der Waals surface area contributed by atoms with Crippen LogP contribution in [-0.2, 0) is 4.79 Å². The van der Waals surface area contributed by atoms with Crippen LogP contribution in [-0.4, -0.2) is 27.7 Å². The minimum atomic E-state index is -1.01. The van der Waals surface area contributed by atoms with E-state index in [-0.39, 0.29) is 18.4 Å². The number of hydrogen-bond acceptors (Lipinski definition) is 4. The van der Waals surface area contributed by atoms with E-state index in [4.69, 9.17) is 9.84 Å². The lowest BCUT2D eigenvalue weighted by atomic mass is 10.1. The maximum absolute atomic E-state index is 10.5. The van der Waals surface area contributed by atoms with Crippen molar-refractivity contribution in [2.24, 2.45) is 0 Å². The molecule has 1 rings (SSSR count). The smallest absolute Gasteiger partial charge is 0.341 e. The molecule has 94 valence electrons. The molecule has 0 aliphatic heterocycles. The van der Waals surface area contributed by atoms with Gasteiger partial charge >= 0.3 is 5.97 Å². The Kier molecular flexibility index (Phi) is 4.43. The van der Waals surface area contributed by atoms with Crippen LogP contribution >= 0.6 is 0 Å². The Morgan fingerprint density at radius 2 is 2.00 bits per heavy atom. The van der Waals surface area contributed by atoms with Gasteiger partial charge in [-0.1, -0.05) is 27.7 Å². The van der Waals surface area contributed by atoms with Crippen molar-refractivity contribution in [2.75, 3.05) is 6.61 Å². The zero-order valence-electron chi connectivity index (χ0n) is 10.6. The predicted molar refractivity (Wildman–Crippen MR) is 63.3 cm³/mol. The van der Waals surface area contributed by atoms with Crippen LogP contribution in [0.2, 0.25) is 0 Å². The van der Waals surface area contributed by atoms with Crippen molar-refractivity contribution in [1.29, 1.82) is 0 Å². The van der Waals surface area contributed by atoms with Crippen molar-refractivity contribution >= 4 is 5.97 Å². The fourth-order valence-electron chi connectivity index (χ4n) is 1.31. The summed E-state index contributed by atoms with van der Waals surface area (Å²) in [5, 5.41) is 8.61. The number of hydrogen-bond donors (Lipinski definition) is 1. The summed E-state index contributed by atoms with van der Waals surface area (Å²) < 4.78 is 5.20. The highest BCUT2D eigenvalue weighted by Crippen LogP contribution is 2.25. The molecule has 5 nitrogen and oxygen atoms in total. The first-order valence-electron chi connectivity index (χ1n) is 5.63. The van der Waals surface area contributed by atoms with Gasteiger partial charge in [0.2, 0.25) is 5.88 Å². The fourth-order valence-corrected chi connectivity index (χ4v) is 1.31. The van der Waals surface area contributed by atoms with Crippen molar-refractivity contribution < 1.29 is 14.6 Å². The summed E-state index contributed by atoms with van der Waals surface area (Å²) in [5.41, 5.74) is 0.829. The van der Waals surface area contributed by atoms with Crippen molar-refractivity contribution in [3.05, 3.63) is 17.6 Å². The molecule has 1 aromatic rings. The Bertz CT molecular complexity index is 403. The summed E-state index contributed by atoms with van der Waals surface area (Å²) in [5.74, 6) is 0.406. The van der Waals surface area contributed by atoms with Gasteiger partial charge < -0.3 is 9.84 Å². The summed E-state index contributed by atoms with van der Waals surface area (Å²) in [6.07, 6.45) is 1.71. The van der Waals surface area contributed by atoms with Crippen LogP contribution < -0.4 is 4.74 Å². The van der Waals surface area contributed by atoms with E-state index < -0.39 is 5.97 Å². The summed E-state index contributed by atoms with van der Waals surface area (Å²) in [7, 11) is 0. The molecule has 5 heteroatoms. The maximum Gasteiger partial charge on any atom is 0.341 e. The molecule has 0 amide bonds. The highest BCUT2D eigenvalue weighted by Gasteiger charge is 2.14. The lowest BCUT2D eigenvalue weighted by molar-refractivity contribution is -0.139. The molecule has 0 bridgehead atoms. The highest BCUT2D eigenvalue weighted by molar-refractivity contribution is 5.68. The molecule has 0 saturated heterocycles. The molecular formula is C12H18N2O3. The van der Waals surface area contributed by atoms with E-state index in [2.05, 4.69) is 9.97 Å². The Hall–Kier alpha value is -1.65. The van der Waals surface area contributed by atoms with Gasteiger partial charge in [0.15, 0.2) is 6.61 Å². The van der Waals surface area contributed by atoms with Crippen LogP contribution in [0.4, 0.5) is 0 Å². The standard InChI is InChI=1S/C12H18N2O3/c1-7(2)9-5-13-11(8(3)4)14-12(9)17-6-10(15)16/h5,7-8H,6H2,1-4H3,(H,15,16). The Morgan fingerprint density at radius 1 is 1.35 bits per heavy atom. The fraction of sp³-hybridized carbons (Fsp3) is 0.583. The van der Waals surface area contributed by atoms with Gasteiger partial charge in [0.25, 0.3) is 0 Å². The first-order valence-corrected chi connectivity index (χ1v) is 5.63. The summed E-state index contributed by atoms with van der Waals surface area (Å²) >= 11 is 0. The van der Waals surface area contributed by atoms with Gasteiger partial charge in [-0.05, 0) is 5.92 Å². The lowest BCUT2D eigenvalue weighted by Crippen LogP contribution is -2.13. The molecule has 1 N–H and O–H groups in total. The maximum atomic E-state index is 10.5. The Morgan fingerprint density at radius 3 is 2.47 bits per heavy atom. The lowest BCUT2D eigenvalue weighted by Gasteiger charge is -2.13. The van der Waals surface area contributed by atoms with E-state index >= 15 is 0 Å². The average molecular weight is 238 g/mol. The van der Waals surface area contributed by atoms with Crippen LogP contribution in [0.5, 0.6) is 5.88 Å². The van der Waals surface area contributed by atoms with E-state index in [0.717, 1.165) is 5.56 Å². The molecule has 0 aliphatic rings. The topological polar surface area (TPSA) is 72.3 Å². The molecule has 0 atom stereocenters. The molecular weight excluding hydrogens is 220 g/mol. The van der Waals surface area contributed by atoms with Gasteiger partial charge in [0.05, 0.1) is 0 Å². The number of aliphatic carboxylic acids is 1. The molecule has 0 aromatic carbocycles. The number of aromatic nitrogens is 2. The first-order chi connectivity index (χ1) is 7.91. The summed E-state index contributed by atoms with van der Waals surface area (Å²) in [6, 6.07) is 0. The highest BCUT2D eigenvalue weighted by atomic mass is 16.5. The Balaban J connectivity index is 3.02. The van der Waals surface area contributed by atoms with Gasteiger partial charge in [-0.15, -0.1) is 0 Å². The minimum absolute atomic E-state index is 0.184. The SMILES string of the molecule is CC(C)c1ncc(C(C)C)c(OCC(=O)O)n1. The molecule has 0 saturated carbocycles. The third-order valence-corrected chi connectivity index (χ3v) is 2.27. The first kappa shape index (κ1) is 13.4. The molecule has 1 aromatic heterocycles. The third kappa shape index (κ3) is 3.69. The van der Waals surface area contributed by atoms with Crippen LogP contribution in [0.15, 0.2) is 6.20 Å². The Labute approximate surface area is 101 Å². The van der Waals surface area contributed by atoms with Gasteiger partial charge in [-0.3, -0.25) is 0 Å². The van der Waals surface area contributed by atoms with Gasteiger partial charge in [-0.25, -0.2) is 9.78 Å². The second-order valence-electron chi connectivity index (χ2n) is 4.48. The van der Waals surface area contributed by atoms with E-state index in [0.29, 0.717) is 11.7 Å². The van der Waals surface area contributed by atoms with Crippen LogP contribution in [0.3, 0.4) is 0 Å². The second kappa shape index (κ2) is 5.61. The van der Waals surface area contributed by atoms with Crippen molar-refractivity contribution in [1.82, 2.24) is 9.97 Å². The van der Waals surface area contributed by atoms with E-state index in [9.17, 15) is 4.79 Å².